The normalized spacial score (nSPS) is 12.3. The van der Waals surface area contributed by atoms with E-state index in [0.717, 1.165) is 22.2 Å². The van der Waals surface area contributed by atoms with E-state index in [-0.39, 0.29) is 5.25 Å². The van der Waals surface area contributed by atoms with Crippen LogP contribution in [0.1, 0.15) is 29.5 Å². The summed E-state index contributed by atoms with van der Waals surface area (Å²) >= 11 is 1.54. The van der Waals surface area contributed by atoms with Gasteiger partial charge in [0.1, 0.15) is 0 Å². The Morgan fingerprint density at radius 1 is 1.00 bits per heavy atom. The standard InChI is InChI=1S/C20H19N5OS/c1-13-8-7-9-16(12-13)18-22-23-20(25(18)17-10-5-4-6-11-17)27-14(2)19-21-15(3)24-26-19/h4-12,14H,1-3H3. The van der Waals surface area contributed by atoms with Gasteiger partial charge in [-0.2, -0.15) is 4.98 Å². The van der Waals surface area contributed by atoms with Gasteiger partial charge in [-0.05, 0) is 39.0 Å². The predicted molar refractivity (Wildman–Crippen MR) is 105 cm³/mol. The average Bonchev–Trinajstić information content (AvgIpc) is 3.29. The molecule has 7 heteroatoms. The summed E-state index contributed by atoms with van der Waals surface area (Å²) in [6, 6.07) is 18.4. The van der Waals surface area contributed by atoms with E-state index in [1.807, 2.05) is 50.2 Å². The summed E-state index contributed by atoms with van der Waals surface area (Å²) in [4.78, 5) is 4.33. The van der Waals surface area contributed by atoms with Gasteiger partial charge in [0.15, 0.2) is 16.8 Å². The van der Waals surface area contributed by atoms with Gasteiger partial charge in [-0.1, -0.05) is 58.9 Å². The molecule has 4 rings (SSSR count). The van der Waals surface area contributed by atoms with Crippen LogP contribution in [-0.2, 0) is 0 Å². The first kappa shape index (κ1) is 17.5. The maximum Gasteiger partial charge on any atom is 0.239 e. The molecular weight excluding hydrogens is 358 g/mol. The molecule has 0 radical (unpaired) electrons. The van der Waals surface area contributed by atoms with Crippen molar-refractivity contribution in [2.45, 2.75) is 31.2 Å². The van der Waals surface area contributed by atoms with Gasteiger partial charge in [-0.25, -0.2) is 0 Å². The second-order valence-electron chi connectivity index (χ2n) is 6.29. The van der Waals surface area contributed by atoms with Crippen molar-refractivity contribution in [3.8, 4) is 17.1 Å². The monoisotopic (exact) mass is 377 g/mol. The lowest BCUT2D eigenvalue weighted by Gasteiger charge is -2.12. The molecule has 2 aromatic carbocycles. The fourth-order valence-corrected chi connectivity index (χ4v) is 3.71. The summed E-state index contributed by atoms with van der Waals surface area (Å²) in [5, 5.41) is 13.6. The molecule has 1 atom stereocenters. The van der Waals surface area contributed by atoms with Crippen LogP contribution in [0.4, 0.5) is 0 Å². The third kappa shape index (κ3) is 3.64. The number of para-hydroxylation sites is 1. The summed E-state index contributed by atoms with van der Waals surface area (Å²) in [7, 11) is 0. The van der Waals surface area contributed by atoms with Crippen LogP contribution in [0.2, 0.25) is 0 Å². The lowest BCUT2D eigenvalue weighted by molar-refractivity contribution is 0.376. The van der Waals surface area contributed by atoms with Gasteiger partial charge in [0, 0.05) is 11.3 Å². The lowest BCUT2D eigenvalue weighted by atomic mass is 10.1. The highest BCUT2D eigenvalue weighted by Gasteiger charge is 2.21. The minimum atomic E-state index is -0.0387. The van der Waals surface area contributed by atoms with Crippen molar-refractivity contribution in [3.05, 3.63) is 71.9 Å². The molecule has 0 amide bonds. The Morgan fingerprint density at radius 3 is 2.52 bits per heavy atom. The van der Waals surface area contributed by atoms with Crippen molar-refractivity contribution in [1.29, 1.82) is 0 Å². The van der Waals surface area contributed by atoms with Crippen molar-refractivity contribution in [2.24, 2.45) is 0 Å². The van der Waals surface area contributed by atoms with E-state index in [4.69, 9.17) is 4.52 Å². The minimum Gasteiger partial charge on any atom is -0.338 e. The van der Waals surface area contributed by atoms with Gasteiger partial charge in [0.2, 0.25) is 5.89 Å². The summed E-state index contributed by atoms with van der Waals surface area (Å²) in [5.74, 6) is 2.01. The fraction of sp³-hybridized carbons (Fsp3) is 0.200. The van der Waals surface area contributed by atoms with Crippen molar-refractivity contribution in [1.82, 2.24) is 24.9 Å². The SMILES string of the molecule is Cc1cccc(-c2nnc(SC(C)c3nc(C)no3)n2-c2ccccc2)c1. The van der Waals surface area contributed by atoms with Gasteiger partial charge in [-0.3, -0.25) is 4.57 Å². The molecule has 4 aromatic rings. The molecule has 1 unspecified atom stereocenters. The number of aryl methyl sites for hydroxylation is 2. The maximum absolute atomic E-state index is 5.31. The molecule has 27 heavy (non-hydrogen) atoms. The van der Waals surface area contributed by atoms with Crippen LogP contribution in [0.3, 0.4) is 0 Å². The summed E-state index contributed by atoms with van der Waals surface area (Å²) in [5.41, 5.74) is 3.22. The Balaban J connectivity index is 1.78. The van der Waals surface area contributed by atoms with Crippen LogP contribution in [0, 0.1) is 13.8 Å². The lowest BCUT2D eigenvalue weighted by Crippen LogP contribution is -2.01. The van der Waals surface area contributed by atoms with E-state index in [9.17, 15) is 0 Å². The van der Waals surface area contributed by atoms with Gasteiger partial charge in [0.05, 0.1) is 5.25 Å². The Kier molecular flexibility index (Phi) is 4.77. The minimum absolute atomic E-state index is 0.0387. The molecule has 0 fully saturated rings. The zero-order valence-corrected chi connectivity index (χ0v) is 16.1. The number of hydrogen-bond donors (Lipinski definition) is 0. The molecule has 0 saturated heterocycles. The molecule has 0 aliphatic rings. The summed E-state index contributed by atoms with van der Waals surface area (Å²) < 4.78 is 7.38. The van der Waals surface area contributed by atoms with Gasteiger partial charge in [0.25, 0.3) is 0 Å². The molecule has 0 aliphatic carbocycles. The van der Waals surface area contributed by atoms with Crippen molar-refractivity contribution in [3.63, 3.8) is 0 Å². The Morgan fingerprint density at radius 2 is 1.81 bits per heavy atom. The quantitative estimate of drug-likeness (QED) is 0.466. The number of thioether (sulfide) groups is 1. The molecule has 0 N–H and O–H groups in total. The molecule has 2 aromatic heterocycles. The number of hydrogen-bond acceptors (Lipinski definition) is 6. The molecular formula is C20H19N5OS. The zero-order valence-electron chi connectivity index (χ0n) is 15.3. The predicted octanol–water partition coefficient (Wildman–Crippen LogP) is 4.79. The first-order valence-electron chi connectivity index (χ1n) is 8.66. The van der Waals surface area contributed by atoms with E-state index in [0.29, 0.717) is 11.7 Å². The highest BCUT2D eigenvalue weighted by atomic mass is 32.2. The molecule has 2 heterocycles. The Hall–Kier alpha value is -2.93. The van der Waals surface area contributed by atoms with Gasteiger partial charge >= 0.3 is 0 Å². The van der Waals surface area contributed by atoms with Crippen LogP contribution < -0.4 is 0 Å². The zero-order chi connectivity index (χ0) is 18.8. The molecule has 0 aliphatic heterocycles. The smallest absolute Gasteiger partial charge is 0.239 e. The van der Waals surface area contributed by atoms with E-state index in [2.05, 4.69) is 50.0 Å². The molecule has 6 nitrogen and oxygen atoms in total. The second kappa shape index (κ2) is 7.36. The first-order valence-corrected chi connectivity index (χ1v) is 9.54. The highest BCUT2D eigenvalue weighted by Crippen LogP contribution is 2.36. The van der Waals surface area contributed by atoms with Crippen LogP contribution in [0.5, 0.6) is 0 Å². The molecule has 136 valence electrons. The number of benzene rings is 2. The largest absolute Gasteiger partial charge is 0.338 e. The highest BCUT2D eigenvalue weighted by molar-refractivity contribution is 7.99. The summed E-state index contributed by atoms with van der Waals surface area (Å²) in [6.07, 6.45) is 0. The number of nitrogens with zero attached hydrogens (tertiary/aromatic N) is 5. The van der Waals surface area contributed by atoms with E-state index in [1.54, 1.807) is 11.8 Å². The van der Waals surface area contributed by atoms with Crippen molar-refractivity contribution < 1.29 is 4.52 Å². The Labute approximate surface area is 161 Å². The van der Waals surface area contributed by atoms with E-state index in [1.165, 1.54) is 5.56 Å². The summed E-state index contributed by atoms with van der Waals surface area (Å²) in [6.45, 7) is 5.91. The average molecular weight is 377 g/mol. The molecule has 0 spiro atoms. The van der Waals surface area contributed by atoms with Gasteiger partial charge in [-0.15, -0.1) is 10.2 Å². The molecule has 0 bridgehead atoms. The van der Waals surface area contributed by atoms with Crippen LogP contribution >= 0.6 is 11.8 Å². The van der Waals surface area contributed by atoms with E-state index >= 15 is 0 Å². The molecule has 0 saturated carbocycles. The number of aromatic nitrogens is 5. The van der Waals surface area contributed by atoms with E-state index < -0.39 is 0 Å². The van der Waals surface area contributed by atoms with Crippen molar-refractivity contribution in [2.75, 3.05) is 0 Å². The first-order chi connectivity index (χ1) is 13.1. The van der Waals surface area contributed by atoms with Crippen molar-refractivity contribution >= 4 is 11.8 Å². The van der Waals surface area contributed by atoms with Crippen LogP contribution in [0.15, 0.2) is 64.3 Å². The van der Waals surface area contributed by atoms with Crippen LogP contribution in [-0.4, -0.2) is 24.9 Å². The Bertz CT molecular complexity index is 1060. The maximum atomic E-state index is 5.31. The second-order valence-corrected chi connectivity index (χ2v) is 7.59. The van der Waals surface area contributed by atoms with Gasteiger partial charge < -0.3 is 4.52 Å². The third-order valence-electron chi connectivity index (χ3n) is 4.10. The topological polar surface area (TPSA) is 69.6 Å². The number of rotatable bonds is 5. The van der Waals surface area contributed by atoms with Crippen LogP contribution in [0.25, 0.3) is 17.1 Å². The fourth-order valence-electron chi connectivity index (χ4n) is 2.81. The third-order valence-corrected chi connectivity index (χ3v) is 5.13.